The summed E-state index contributed by atoms with van der Waals surface area (Å²) in [5.74, 6) is -0.0162. The molecule has 6 nitrogen and oxygen atoms in total. The number of rotatable bonds is 3. The highest BCUT2D eigenvalue weighted by Crippen LogP contribution is 2.36. The highest BCUT2D eigenvalue weighted by atomic mass is 79.9. The maximum absolute atomic E-state index is 12.6. The monoisotopic (exact) mass is 394 g/mol. The summed E-state index contributed by atoms with van der Waals surface area (Å²) in [7, 11) is 1.45. The number of urea groups is 1. The number of hydrogen-bond acceptors (Lipinski definition) is 4. The van der Waals surface area contributed by atoms with Crippen LogP contribution in [0.25, 0.3) is 6.08 Å². The largest absolute Gasteiger partial charge is 0.503 e. The van der Waals surface area contributed by atoms with Crippen molar-refractivity contribution < 1.29 is 19.4 Å². The minimum absolute atomic E-state index is 0.00901. The Morgan fingerprint density at radius 1 is 1.29 bits per heavy atom. The Morgan fingerprint density at radius 2 is 2.00 bits per heavy atom. The van der Waals surface area contributed by atoms with Gasteiger partial charge in [-0.2, -0.15) is 0 Å². The Hall–Kier alpha value is -2.02. The van der Waals surface area contributed by atoms with E-state index in [0.717, 1.165) is 32.1 Å². The molecule has 1 heterocycles. The molecule has 24 heavy (non-hydrogen) atoms. The van der Waals surface area contributed by atoms with Crippen LogP contribution in [0, 0.1) is 0 Å². The number of phenolic OH excluding ortho intramolecular Hbond substituents is 1. The van der Waals surface area contributed by atoms with Crippen LogP contribution in [-0.4, -0.2) is 35.1 Å². The number of aromatic hydroxyl groups is 1. The first kappa shape index (κ1) is 16.8. The van der Waals surface area contributed by atoms with E-state index in [-0.39, 0.29) is 35.2 Å². The van der Waals surface area contributed by atoms with Crippen LogP contribution in [0.3, 0.4) is 0 Å². The predicted octanol–water partition coefficient (Wildman–Crippen LogP) is 3.39. The first-order valence-electron chi connectivity index (χ1n) is 7.94. The van der Waals surface area contributed by atoms with Crippen molar-refractivity contribution in [1.82, 2.24) is 10.2 Å². The SMILES string of the molecule is COc1cc(/C=C2\NC(=O)N(C3CCCCC3)C2=O)cc(Br)c1O. The number of nitrogens with one attached hydrogen (secondary N) is 1. The molecule has 0 unspecified atom stereocenters. The van der Waals surface area contributed by atoms with Crippen LogP contribution in [0.15, 0.2) is 22.3 Å². The molecular formula is C17H19BrN2O4. The average Bonchev–Trinajstić information content (AvgIpc) is 2.85. The van der Waals surface area contributed by atoms with E-state index < -0.39 is 0 Å². The lowest BCUT2D eigenvalue weighted by atomic mass is 9.94. The number of hydrogen-bond donors (Lipinski definition) is 2. The van der Waals surface area contributed by atoms with E-state index in [2.05, 4.69) is 21.2 Å². The first-order chi connectivity index (χ1) is 11.5. The quantitative estimate of drug-likeness (QED) is 0.608. The van der Waals surface area contributed by atoms with Crippen molar-refractivity contribution in [3.63, 3.8) is 0 Å². The van der Waals surface area contributed by atoms with Gasteiger partial charge in [-0.15, -0.1) is 0 Å². The lowest BCUT2D eigenvalue weighted by molar-refractivity contribution is -0.124. The van der Waals surface area contributed by atoms with Gasteiger partial charge < -0.3 is 15.2 Å². The number of nitrogens with zero attached hydrogens (tertiary/aromatic N) is 1. The van der Waals surface area contributed by atoms with Crippen LogP contribution >= 0.6 is 15.9 Å². The summed E-state index contributed by atoms with van der Waals surface area (Å²) < 4.78 is 5.56. The Kier molecular flexibility index (Phi) is 4.80. The van der Waals surface area contributed by atoms with E-state index in [1.165, 1.54) is 12.0 Å². The fraction of sp³-hybridized carbons (Fsp3) is 0.412. The van der Waals surface area contributed by atoms with Gasteiger partial charge in [0.25, 0.3) is 5.91 Å². The Bertz CT molecular complexity index is 711. The molecule has 128 valence electrons. The molecule has 1 saturated heterocycles. The molecule has 1 saturated carbocycles. The van der Waals surface area contributed by atoms with E-state index in [1.54, 1.807) is 18.2 Å². The number of carbonyl (C=O) groups excluding carboxylic acids is 2. The number of carbonyl (C=O) groups is 2. The third-order valence-electron chi connectivity index (χ3n) is 4.43. The summed E-state index contributed by atoms with van der Waals surface area (Å²) in [6.07, 6.45) is 6.57. The van der Waals surface area contributed by atoms with Gasteiger partial charge in [0, 0.05) is 6.04 Å². The smallest absolute Gasteiger partial charge is 0.329 e. The third kappa shape index (κ3) is 3.13. The van der Waals surface area contributed by atoms with Gasteiger partial charge in [-0.1, -0.05) is 19.3 Å². The average molecular weight is 395 g/mol. The van der Waals surface area contributed by atoms with Gasteiger partial charge in [0.05, 0.1) is 11.6 Å². The number of imide groups is 1. The second-order valence-electron chi connectivity index (χ2n) is 6.01. The molecule has 1 aliphatic heterocycles. The summed E-state index contributed by atoms with van der Waals surface area (Å²) in [5, 5.41) is 12.5. The molecule has 3 rings (SSSR count). The molecule has 1 aromatic rings. The van der Waals surface area contributed by atoms with Crippen molar-refractivity contribution in [2.75, 3.05) is 7.11 Å². The van der Waals surface area contributed by atoms with Crippen molar-refractivity contribution in [2.45, 2.75) is 38.1 Å². The zero-order valence-electron chi connectivity index (χ0n) is 13.3. The number of methoxy groups -OCH3 is 1. The van der Waals surface area contributed by atoms with E-state index in [0.29, 0.717) is 10.0 Å². The summed E-state index contributed by atoms with van der Waals surface area (Å²) in [6, 6.07) is 2.89. The van der Waals surface area contributed by atoms with Crippen molar-refractivity contribution >= 4 is 33.9 Å². The van der Waals surface area contributed by atoms with Gasteiger partial charge in [-0.25, -0.2) is 4.79 Å². The summed E-state index contributed by atoms with van der Waals surface area (Å²) >= 11 is 3.25. The van der Waals surface area contributed by atoms with Gasteiger partial charge in [-0.3, -0.25) is 9.69 Å². The summed E-state index contributed by atoms with van der Waals surface area (Å²) in [4.78, 5) is 26.2. The third-order valence-corrected chi connectivity index (χ3v) is 5.04. The highest BCUT2D eigenvalue weighted by molar-refractivity contribution is 9.10. The lowest BCUT2D eigenvalue weighted by Crippen LogP contribution is -2.41. The Labute approximate surface area is 148 Å². The normalized spacial score (nSPS) is 20.6. The van der Waals surface area contributed by atoms with Gasteiger partial charge in [-0.05, 0) is 52.5 Å². The standard InChI is InChI=1S/C17H19BrN2O4/c1-24-14-9-10(7-12(18)15(14)21)8-13-16(22)20(17(23)19-13)11-5-3-2-4-6-11/h7-9,11,21H,2-6H2,1H3,(H,19,23)/b13-8-. The topological polar surface area (TPSA) is 78.9 Å². The van der Waals surface area contributed by atoms with Crippen molar-refractivity contribution in [1.29, 1.82) is 0 Å². The number of ether oxygens (including phenoxy) is 1. The van der Waals surface area contributed by atoms with Crippen molar-refractivity contribution in [3.05, 3.63) is 27.9 Å². The molecule has 0 radical (unpaired) electrons. The molecule has 3 amide bonds. The minimum Gasteiger partial charge on any atom is -0.503 e. The Morgan fingerprint density at radius 3 is 2.67 bits per heavy atom. The molecule has 1 aliphatic carbocycles. The predicted molar refractivity (Wildman–Crippen MR) is 92.6 cm³/mol. The fourth-order valence-corrected chi connectivity index (χ4v) is 3.68. The van der Waals surface area contributed by atoms with Gasteiger partial charge in [0.15, 0.2) is 11.5 Å². The second kappa shape index (κ2) is 6.84. The lowest BCUT2D eigenvalue weighted by Gasteiger charge is -2.28. The van der Waals surface area contributed by atoms with Crippen LogP contribution in [0.5, 0.6) is 11.5 Å². The van der Waals surface area contributed by atoms with E-state index >= 15 is 0 Å². The number of benzene rings is 1. The van der Waals surface area contributed by atoms with Crippen LogP contribution in [0.1, 0.15) is 37.7 Å². The zero-order chi connectivity index (χ0) is 17.3. The molecule has 0 atom stereocenters. The molecule has 2 aliphatic rings. The van der Waals surface area contributed by atoms with Gasteiger partial charge in [0.2, 0.25) is 0 Å². The van der Waals surface area contributed by atoms with E-state index in [1.807, 2.05) is 0 Å². The van der Waals surface area contributed by atoms with Crippen LogP contribution in [0.4, 0.5) is 4.79 Å². The fourth-order valence-electron chi connectivity index (χ4n) is 3.22. The van der Waals surface area contributed by atoms with E-state index in [9.17, 15) is 14.7 Å². The maximum atomic E-state index is 12.6. The maximum Gasteiger partial charge on any atom is 0.329 e. The van der Waals surface area contributed by atoms with Gasteiger partial charge in [0.1, 0.15) is 5.70 Å². The molecule has 2 fully saturated rings. The molecule has 1 aromatic carbocycles. The number of amides is 3. The molecule has 0 spiro atoms. The molecule has 2 N–H and O–H groups in total. The summed E-state index contributed by atoms with van der Waals surface area (Å²) in [5.41, 5.74) is 0.885. The number of halogens is 1. The van der Waals surface area contributed by atoms with Crippen molar-refractivity contribution in [3.8, 4) is 11.5 Å². The summed E-state index contributed by atoms with van der Waals surface area (Å²) in [6.45, 7) is 0. The second-order valence-corrected chi connectivity index (χ2v) is 6.86. The van der Waals surface area contributed by atoms with Crippen molar-refractivity contribution in [2.24, 2.45) is 0 Å². The molecular weight excluding hydrogens is 376 g/mol. The minimum atomic E-state index is -0.358. The molecule has 7 heteroatoms. The first-order valence-corrected chi connectivity index (χ1v) is 8.73. The molecule has 0 aromatic heterocycles. The zero-order valence-corrected chi connectivity index (χ0v) is 14.9. The van der Waals surface area contributed by atoms with E-state index in [4.69, 9.17) is 4.74 Å². The van der Waals surface area contributed by atoms with Crippen LogP contribution in [-0.2, 0) is 4.79 Å². The Balaban J connectivity index is 1.87. The highest BCUT2D eigenvalue weighted by Gasteiger charge is 2.38. The number of phenols is 1. The van der Waals surface area contributed by atoms with Crippen LogP contribution < -0.4 is 10.1 Å². The van der Waals surface area contributed by atoms with Gasteiger partial charge >= 0.3 is 6.03 Å². The van der Waals surface area contributed by atoms with Crippen LogP contribution in [0.2, 0.25) is 0 Å². The molecule has 0 bridgehead atoms.